The number of ether oxygens (including phenoxy) is 1. The molecule has 7 heteroatoms. The van der Waals surface area contributed by atoms with E-state index in [9.17, 15) is 0 Å². The molecule has 0 amide bonds. The standard InChI is InChI=1S/C21H28N6O/c22-8-7-19(23)15-1-6-20-18(13-15)21(25-14-24-20)26-16-2-4-17(5-3-16)27-9-11-28-12-10-27/h1,6-8,13-14,16-17,22H,2-5,9-12,23H2,(H,24,25,26). The first-order valence-electron chi connectivity index (χ1n) is 10.0. The van der Waals surface area contributed by atoms with Crippen molar-refractivity contribution in [1.29, 1.82) is 5.41 Å². The van der Waals surface area contributed by atoms with Crippen LogP contribution < -0.4 is 11.1 Å². The van der Waals surface area contributed by atoms with Crippen molar-refractivity contribution < 1.29 is 4.74 Å². The molecule has 1 aromatic heterocycles. The van der Waals surface area contributed by atoms with Crippen molar-refractivity contribution in [2.45, 2.75) is 37.8 Å². The highest BCUT2D eigenvalue weighted by Crippen LogP contribution is 2.28. The van der Waals surface area contributed by atoms with Gasteiger partial charge in [-0.05, 0) is 49.5 Å². The summed E-state index contributed by atoms with van der Waals surface area (Å²) in [4.78, 5) is 11.5. The summed E-state index contributed by atoms with van der Waals surface area (Å²) in [6, 6.07) is 7.00. The first-order chi connectivity index (χ1) is 13.7. The van der Waals surface area contributed by atoms with Crippen molar-refractivity contribution in [2.75, 3.05) is 31.6 Å². The zero-order valence-electron chi connectivity index (χ0n) is 16.1. The Labute approximate surface area is 165 Å². The topological polar surface area (TPSA) is 100 Å². The van der Waals surface area contributed by atoms with Crippen LogP contribution in [0.3, 0.4) is 0 Å². The number of benzene rings is 1. The molecule has 4 N–H and O–H groups in total. The molecule has 0 spiro atoms. The number of nitrogens with two attached hydrogens (primary N) is 1. The summed E-state index contributed by atoms with van der Waals surface area (Å²) in [5.74, 6) is 0.865. The van der Waals surface area contributed by atoms with Gasteiger partial charge in [-0.1, -0.05) is 6.07 Å². The summed E-state index contributed by atoms with van der Waals surface area (Å²) >= 11 is 0. The second-order valence-electron chi connectivity index (χ2n) is 7.54. The SMILES string of the molecule is N=CC=C(N)c1ccc2ncnc(NC3CCC(N4CCOCC4)CC3)c2c1. The number of anilines is 1. The molecule has 2 aromatic rings. The van der Waals surface area contributed by atoms with Gasteiger partial charge in [-0.3, -0.25) is 4.90 Å². The van der Waals surface area contributed by atoms with Crippen molar-refractivity contribution in [2.24, 2.45) is 5.73 Å². The Balaban J connectivity index is 1.46. The molecule has 1 aliphatic heterocycles. The average Bonchev–Trinajstić information content (AvgIpc) is 2.75. The molecular formula is C21H28N6O. The molecule has 1 aliphatic carbocycles. The van der Waals surface area contributed by atoms with Gasteiger partial charge in [-0.2, -0.15) is 0 Å². The zero-order valence-corrected chi connectivity index (χ0v) is 16.1. The van der Waals surface area contributed by atoms with Crippen LogP contribution in [0.4, 0.5) is 5.82 Å². The van der Waals surface area contributed by atoms with Gasteiger partial charge in [0.05, 0.1) is 18.7 Å². The third kappa shape index (κ3) is 4.15. The molecule has 2 aliphatic rings. The molecule has 4 rings (SSSR count). The minimum Gasteiger partial charge on any atom is -0.398 e. The van der Waals surface area contributed by atoms with Crippen molar-refractivity contribution >= 4 is 28.6 Å². The molecule has 7 nitrogen and oxygen atoms in total. The van der Waals surface area contributed by atoms with Gasteiger partial charge in [0.15, 0.2) is 0 Å². The van der Waals surface area contributed by atoms with Crippen LogP contribution in [-0.4, -0.2) is 59.5 Å². The zero-order chi connectivity index (χ0) is 19.3. The summed E-state index contributed by atoms with van der Waals surface area (Å²) in [7, 11) is 0. The van der Waals surface area contributed by atoms with Crippen LogP contribution in [0.15, 0.2) is 30.6 Å². The number of morpholine rings is 1. The van der Waals surface area contributed by atoms with Gasteiger partial charge in [0.25, 0.3) is 0 Å². The van der Waals surface area contributed by atoms with E-state index in [4.69, 9.17) is 15.9 Å². The first kappa shape index (κ1) is 18.8. The van der Waals surface area contributed by atoms with E-state index in [-0.39, 0.29) is 0 Å². The highest BCUT2D eigenvalue weighted by molar-refractivity contribution is 5.92. The molecule has 0 unspecified atom stereocenters. The Morgan fingerprint density at radius 1 is 1.18 bits per heavy atom. The lowest BCUT2D eigenvalue weighted by atomic mass is 9.90. The summed E-state index contributed by atoms with van der Waals surface area (Å²) in [5.41, 5.74) is 8.39. The minimum atomic E-state index is 0.425. The monoisotopic (exact) mass is 380 g/mol. The van der Waals surface area contributed by atoms with E-state index >= 15 is 0 Å². The average molecular weight is 380 g/mol. The Kier molecular flexibility index (Phi) is 5.83. The molecule has 1 saturated heterocycles. The van der Waals surface area contributed by atoms with E-state index in [0.29, 0.717) is 17.8 Å². The lowest BCUT2D eigenvalue weighted by Crippen LogP contribution is -2.46. The number of nitrogens with one attached hydrogen (secondary N) is 2. The van der Waals surface area contributed by atoms with Gasteiger partial charge < -0.3 is 21.2 Å². The van der Waals surface area contributed by atoms with E-state index < -0.39 is 0 Å². The lowest BCUT2D eigenvalue weighted by molar-refractivity contribution is 0.00791. The number of rotatable bonds is 5. The fraction of sp³-hybridized carbons (Fsp3) is 0.476. The lowest BCUT2D eigenvalue weighted by Gasteiger charge is -2.39. The number of fused-ring (bicyclic) bond motifs is 1. The van der Waals surface area contributed by atoms with Crippen molar-refractivity contribution in [3.63, 3.8) is 0 Å². The molecule has 148 valence electrons. The third-order valence-corrected chi connectivity index (χ3v) is 5.83. The predicted octanol–water partition coefficient (Wildman–Crippen LogP) is 2.63. The molecule has 1 aromatic carbocycles. The Morgan fingerprint density at radius 2 is 1.96 bits per heavy atom. The molecule has 0 atom stereocenters. The second kappa shape index (κ2) is 8.67. The molecule has 1 saturated carbocycles. The minimum absolute atomic E-state index is 0.425. The van der Waals surface area contributed by atoms with Crippen molar-refractivity contribution in [3.05, 3.63) is 36.2 Å². The summed E-state index contributed by atoms with van der Waals surface area (Å²) in [5, 5.41) is 11.8. The van der Waals surface area contributed by atoms with Gasteiger partial charge in [-0.15, -0.1) is 0 Å². The fourth-order valence-electron chi connectivity index (χ4n) is 4.26. The number of hydrogen-bond donors (Lipinski definition) is 3. The van der Waals surface area contributed by atoms with Crippen LogP contribution >= 0.6 is 0 Å². The molecule has 2 heterocycles. The van der Waals surface area contributed by atoms with E-state index in [1.165, 1.54) is 19.1 Å². The normalized spacial score (nSPS) is 24.2. The molecule has 0 bridgehead atoms. The van der Waals surface area contributed by atoms with E-state index in [0.717, 1.165) is 61.4 Å². The molecule has 2 fully saturated rings. The van der Waals surface area contributed by atoms with Crippen molar-refractivity contribution in [1.82, 2.24) is 14.9 Å². The molecule has 0 radical (unpaired) electrons. The van der Waals surface area contributed by atoms with Crippen LogP contribution in [0.5, 0.6) is 0 Å². The number of allylic oxidation sites excluding steroid dienone is 1. The maximum absolute atomic E-state index is 7.22. The first-order valence-corrected chi connectivity index (χ1v) is 10.0. The predicted molar refractivity (Wildman–Crippen MR) is 113 cm³/mol. The van der Waals surface area contributed by atoms with Crippen LogP contribution in [-0.2, 0) is 4.74 Å². The van der Waals surface area contributed by atoms with Gasteiger partial charge in [0.2, 0.25) is 0 Å². The third-order valence-electron chi connectivity index (χ3n) is 5.83. The van der Waals surface area contributed by atoms with Gasteiger partial charge >= 0.3 is 0 Å². The highest BCUT2D eigenvalue weighted by Gasteiger charge is 2.27. The fourth-order valence-corrected chi connectivity index (χ4v) is 4.26. The number of nitrogens with zero attached hydrogens (tertiary/aromatic N) is 3. The summed E-state index contributed by atoms with van der Waals surface area (Å²) in [6.07, 6.45) is 9.10. The molecule has 28 heavy (non-hydrogen) atoms. The van der Waals surface area contributed by atoms with E-state index in [1.54, 1.807) is 12.4 Å². The van der Waals surface area contributed by atoms with Gasteiger partial charge in [-0.25, -0.2) is 9.97 Å². The summed E-state index contributed by atoms with van der Waals surface area (Å²) < 4.78 is 5.48. The highest BCUT2D eigenvalue weighted by atomic mass is 16.5. The Hall–Kier alpha value is -2.51. The van der Waals surface area contributed by atoms with Crippen LogP contribution in [0.25, 0.3) is 16.6 Å². The Bertz CT molecular complexity index is 853. The van der Waals surface area contributed by atoms with E-state index in [1.807, 2.05) is 18.2 Å². The number of hydrogen-bond acceptors (Lipinski definition) is 7. The van der Waals surface area contributed by atoms with Gasteiger partial charge in [0.1, 0.15) is 12.1 Å². The quantitative estimate of drug-likeness (QED) is 0.690. The maximum Gasteiger partial charge on any atom is 0.137 e. The number of aromatic nitrogens is 2. The largest absolute Gasteiger partial charge is 0.398 e. The van der Waals surface area contributed by atoms with Crippen LogP contribution in [0.2, 0.25) is 0 Å². The molecular weight excluding hydrogens is 352 g/mol. The van der Waals surface area contributed by atoms with Crippen LogP contribution in [0, 0.1) is 5.41 Å². The Morgan fingerprint density at radius 3 is 2.71 bits per heavy atom. The maximum atomic E-state index is 7.22. The van der Waals surface area contributed by atoms with Gasteiger partial charge in [0, 0.05) is 42.5 Å². The van der Waals surface area contributed by atoms with Crippen LogP contribution in [0.1, 0.15) is 31.2 Å². The van der Waals surface area contributed by atoms with E-state index in [2.05, 4.69) is 20.2 Å². The summed E-state index contributed by atoms with van der Waals surface area (Å²) in [6.45, 7) is 3.85. The second-order valence-corrected chi connectivity index (χ2v) is 7.54. The van der Waals surface area contributed by atoms with Crippen molar-refractivity contribution in [3.8, 4) is 0 Å². The smallest absolute Gasteiger partial charge is 0.137 e.